The summed E-state index contributed by atoms with van der Waals surface area (Å²) >= 11 is 0. The fraction of sp³-hybridized carbons (Fsp3) is 0.176. The van der Waals surface area contributed by atoms with Gasteiger partial charge in [0.05, 0.1) is 11.5 Å². The van der Waals surface area contributed by atoms with Crippen LogP contribution in [-0.2, 0) is 16.6 Å². The molecule has 1 aromatic heterocycles. The summed E-state index contributed by atoms with van der Waals surface area (Å²) < 4.78 is 5.97. The molecule has 5 nitrogen and oxygen atoms in total. The van der Waals surface area contributed by atoms with Gasteiger partial charge in [0.15, 0.2) is 0 Å². The van der Waals surface area contributed by atoms with Crippen LogP contribution in [0, 0.1) is 0 Å². The monoisotopic (exact) mass is 517 g/mol. The van der Waals surface area contributed by atoms with Crippen molar-refractivity contribution in [1.82, 2.24) is 0 Å². The van der Waals surface area contributed by atoms with Crippen molar-refractivity contribution < 1.29 is 19.1 Å². The number of furan rings is 1. The number of fused-ring (bicyclic) bond motifs is 1. The zero-order valence-corrected chi connectivity index (χ0v) is 22.3. The van der Waals surface area contributed by atoms with E-state index in [1.807, 2.05) is 78.9 Å². The Morgan fingerprint density at radius 1 is 0.846 bits per heavy atom. The minimum atomic E-state index is -1.01. The highest BCUT2D eigenvalue weighted by atomic mass is 16.4. The molecule has 0 saturated heterocycles. The van der Waals surface area contributed by atoms with E-state index in [9.17, 15) is 14.7 Å². The van der Waals surface area contributed by atoms with Gasteiger partial charge in [-0.15, -0.1) is 0 Å². The summed E-state index contributed by atoms with van der Waals surface area (Å²) in [5.41, 5.74) is 5.19. The molecule has 0 spiro atoms. The van der Waals surface area contributed by atoms with Crippen LogP contribution in [0.4, 0.5) is 5.69 Å². The molecule has 2 N–H and O–H groups in total. The van der Waals surface area contributed by atoms with Crippen LogP contribution in [0.2, 0.25) is 0 Å². The van der Waals surface area contributed by atoms with Crippen LogP contribution in [0.3, 0.4) is 0 Å². The number of hydrogen-bond acceptors (Lipinski definition) is 3. The maximum atomic E-state index is 13.7. The zero-order chi connectivity index (χ0) is 27.6. The van der Waals surface area contributed by atoms with E-state index in [4.69, 9.17) is 4.42 Å². The molecule has 5 aromatic rings. The molecule has 5 heteroatoms. The van der Waals surface area contributed by atoms with Gasteiger partial charge in [0.25, 0.3) is 0 Å². The van der Waals surface area contributed by atoms with Crippen LogP contribution in [-0.4, -0.2) is 17.0 Å². The number of amides is 1. The Bertz CT molecular complexity index is 1590. The van der Waals surface area contributed by atoms with Crippen molar-refractivity contribution in [3.63, 3.8) is 0 Å². The maximum Gasteiger partial charge on any atom is 0.335 e. The number of benzene rings is 4. The summed E-state index contributed by atoms with van der Waals surface area (Å²) in [6.07, 6.45) is 0.264. The van der Waals surface area contributed by atoms with E-state index in [-0.39, 0.29) is 23.3 Å². The first kappa shape index (κ1) is 26.0. The summed E-state index contributed by atoms with van der Waals surface area (Å²) in [6, 6.07) is 32.3. The van der Waals surface area contributed by atoms with E-state index in [1.54, 1.807) is 24.3 Å². The number of aromatic carboxylic acids is 1. The van der Waals surface area contributed by atoms with Crippen LogP contribution >= 0.6 is 0 Å². The third kappa shape index (κ3) is 5.78. The van der Waals surface area contributed by atoms with Gasteiger partial charge in [-0.3, -0.25) is 4.79 Å². The molecule has 1 unspecified atom stereocenters. The molecule has 4 aromatic carbocycles. The Kier molecular flexibility index (Phi) is 7.07. The van der Waals surface area contributed by atoms with Crippen molar-refractivity contribution in [2.24, 2.45) is 0 Å². The van der Waals surface area contributed by atoms with E-state index in [2.05, 4.69) is 26.1 Å². The summed E-state index contributed by atoms with van der Waals surface area (Å²) in [7, 11) is 0. The molecule has 0 saturated carbocycles. The van der Waals surface area contributed by atoms with Crippen molar-refractivity contribution in [3.8, 4) is 11.3 Å². The van der Waals surface area contributed by atoms with Crippen LogP contribution in [0.1, 0.15) is 53.7 Å². The molecule has 0 aliphatic carbocycles. The van der Waals surface area contributed by atoms with Gasteiger partial charge in [-0.2, -0.15) is 0 Å². The third-order valence-corrected chi connectivity index (χ3v) is 7.03. The zero-order valence-electron chi connectivity index (χ0n) is 22.3. The second kappa shape index (κ2) is 10.6. The molecule has 5 rings (SSSR count). The Hall–Kier alpha value is -4.64. The highest BCUT2D eigenvalue weighted by Crippen LogP contribution is 2.31. The summed E-state index contributed by atoms with van der Waals surface area (Å²) in [5, 5.41) is 13.8. The van der Waals surface area contributed by atoms with E-state index < -0.39 is 11.9 Å². The van der Waals surface area contributed by atoms with Crippen molar-refractivity contribution in [2.45, 2.75) is 38.5 Å². The molecule has 0 aliphatic rings. The largest absolute Gasteiger partial charge is 0.478 e. The molecule has 1 atom stereocenters. The fourth-order valence-corrected chi connectivity index (χ4v) is 4.78. The second-order valence-electron chi connectivity index (χ2n) is 10.8. The lowest BCUT2D eigenvalue weighted by atomic mass is 9.84. The lowest BCUT2D eigenvalue weighted by Gasteiger charge is -2.22. The number of anilines is 1. The molecule has 196 valence electrons. The number of carboxylic acid groups (broad SMARTS) is 1. The van der Waals surface area contributed by atoms with E-state index >= 15 is 0 Å². The normalized spacial score (nSPS) is 12.3. The first-order chi connectivity index (χ1) is 18.7. The van der Waals surface area contributed by atoms with E-state index in [1.165, 1.54) is 0 Å². The number of carbonyl (C=O) groups excluding carboxylic acids is 1. The Morgan fingerprint density at radius 3 is 2.18 bits per heavy atom. The maximum absolute atomic E-state index is 13.7. The predicted molar refractivity (Wildman–Crippen MR) is 155 cm³/mol. The molecule has 0 bridgehead atoms. The van der Waals surface area contributed by atoms with E-state index in [0.717, 1.165) is 33.4 Å². The lowest BCUT2D eigenvalue weighted by Crippen LogP contribution is -2.24. The average molecular weight is 518 g/mol. The van der Waals surface area contributed by atoms with Crippen molar-refractivity contribution >= 4 is 28.5 Å². The van der Waals surface area contributed by atoms with Crippen molar-refractivity contribution in [2.75, 3.05) is 5.32 Å². The lowest BCUT2D eigenvalue weighted by molar-refractivity contribution is -0.117. The van der Waals surface area contributed by atoms with Crippen molar-refractivity contribution in [3.05, 3.63) is 125 Å². The highest BCUT2D eigenvalue weighted by Gasteiger charge is 2.25. The standard InChI is InChI=1S/C34H31NO4/c1-34(2,3)26-16-12-22(13-17-26)29(20-24-8-4-6-10-28(24)33(37)38)32(36)35-27-18-14-23(15-19-27)31-21-25-9-5-7-11-30(25)39-31/h4-19,21,29H,20H2,1-3H3,(H,35,36)(H,37,38). The molecule has 1 amide bonds. The summed E-state index contributed by atoms with van der Waals surface area (Å²) in [4.78, 5) is 25.5. The van der Waals surface area contributed by atoms with Crippen LogP contribution in [0.25, 0.3) is 22.3 Å². The minimum absolute atomic E-state index is 0.0201. The SMILES string of the molecule is CC(C)(C)c1ccc(C(Cc2ccccc2C(=O)O)C(=O)Nc2ccc(-c3cc4ccccc4o3)cc2)cc1. The topological polar surface area (TPSA) is 79.5 Å². The number of carboxylic acids is 1. The van der Waals surface area contributed by atoms with Crippen LogP contribution in [0.5, 0.6) is 0 Å². The number of carbonyl (C=O) groups is 2. The molecular weight excluding hydrogens is 486 g/mol. The Balaban J connectivity index is 1.42. The van der Waals surface area contributed by atoms with Gasteiger partial charge in [-0.05, 0) is 71.0 Å². The molecule has 0 radical (unpaired) electrons. The summed E-state index contributed by atoms with van der Waals surface area (Å²) in [5.74, 6) is -1.02. The average Bonchev–Trinajstić information content (AvgIpc) is 3.36. The first-order valence-corrected chi connectivity index (χ1v) is 13.0. The van der Waals surface area contributed by atoms with Gasteiger partial charge in [0, 0.05) is 16.6 Å². The number of nitrogens with one attached hydrogen (secondary N) is 1. The van der Waals surface area contributed by atoms with Gasteiger partial charge < -0.3 is 14.8 Å². The quantitative estimate of drug-likeness (QED) is 0.229. The molecule has 1 heterocycles. The van der Waals surface area contributed by atoms with Gasteiger partial charge in [-0.1, -0.05) is 81.4 Å². The predicted octanol–water partition coefficient (Wildman–Crippen LogP) is 8.06. The van der Waals surface area contributed by atoms with Gasteiger partial charge in [0.2, 0.25) is 5.91 Å². The summed E-state index contributed by atoms with van der Waals surface area (Å²) in [6.45, 7) is 6.43. The van der Waals surface area contributed by atoms with Gasteiger partial charge in [0.1, 0.15) is 11.3 Å². The van der Waals surface area contributed by atoms with Gasteiger partial charge >= 0.3 is 5.97 Å². The second-order valence-corrected chi connectivity index (χ2v) is 10.8. The Labute approximate surface area is 228 Å². The fourth-order valence-electron chi connectivity index (χ4n) is 4.78. The number of para-hydroxylation sites is 1. The van der Waals surface area contributed by atoms with Crippen LogP contribution in [0.15, 0.2) is 108 Å². The van der Waals surface area contributed by atoms with Gasteiger partial charge in [-0.25, -0.2) is 4.79 Å². The smallest absolute Gasteiger partial charge is 0.335 e. The Morgan fingerprint density at radius 2 is 1.51 bits per heavy atom. The number of hydrogen-bond donors (Lipinski definition) is 2. The molecule has 39 heavy (non-hydrogen) atoms. The minimum Gasteiger partial charge on any atom is -0.478 e. The number of rotatable bonds is 7. The highest BCUT2D eigenvalue weighted by molar-refractivity contribution is 5.97. The third-order valence-electron chi connectivity index (χ3n) is 7.03. The first-order valence-electron chi connectivity index (χ1n) is 13.0. The van der Waals surface area contributed by atoms with Crippen LogP contribution < -0.4 is 5.32 Å². The van der Waals surface area contributed by atoms with Crippen molar-refractivity contribution in [1.29, 1.82) is 0 Å². The molecular formula is C34H31NO4. The molecule has 0 fully saturated rings. The molecule has 0 aliphatic heterocycles. The van der Waals surface area contributed by atoms with E-state index in [0.29, 0.717) is 11.3 Å².